The molecule has 0 heterocycles. The van der Waals surface area contributed by atoms with E-state index in [1.807, 2.05) is 12.1 Å². The molecule has 0 spiro atoms. The Morgan fingerprint density at radius 2 is 1.64 bits per heavy atom. The summed E-state index contributed by atoms with van der Waals surface area (Å²) in [7, 11) is 0. The van der Waals surface area contributed by atoms with Gasteiger partial charge in [0.2, 0.25) is 0 Å². The molecule has 0 bridgehead atoms. The number of benzene rings is 2. The van der Waals surface area contributed by atoms with Gasteiger partial charge in [0.15, 0.2) is 0 Å². The maximum atomic E-state index is 5.82. The van der Waals surface area contributed by atoms with Crippen LogP contribution in [0.15, 0.2) is 60.7 Å². The van der Waals surface area contributed by atoms with Gasteiger partial charge in [-0.1, -0.05) is 75.2 Å². The van der Waals surface area contributed by atoms with E-state index in [1.54, 1.807) is 0 Å². The topological polar surface area (TPSA) is 26.0 Å². The summed E-state index contributed by atoms with van der Waals surface area (Å²) in [6.45, 7) is 4.50. The van der Waals surface area contributed by atoms with E-state index >= 15 is 0 Å². The Hall–Kier alpha value is -2.02. The first-order valence-corrected chi connectivity index (χ1v) is 8.36. The first-order chi connectivity index (χ1) is 10.7. The number of hydrogen-bond acceptors (Lipinski definition) is 1. The third kappa shape index (κ3) is 4.49. The molecule has 0 saturated carbocycles. The lowest BCUT2D eigenvalue weighted by Gasteiger charge is -2.16. The van der Waals surface area contributed by atoms with Crippen LogP contribution in [0.25, 0.3) is 5.57 Å². The fourth-order valence-corrected chi connectivity index (χ4v) is 2.89. The van der Waals surface area contributed by atoms with Crippen LogP contribution in [0.4, 0.5) is 5.69 Å². The number of allylic oxidation sites excluding steroid dienone is 2. The van der Waals surface area contributed by atoms with Gasteiger partial charge in [-0.15, -0.1) is 0 Å². The normalized spacial score (nSPS) is 13.1. The van der Waals surface area contributed by atoms with Crippen molar-refractivity contribution in [3.8, 4) is 0 Å². The van der Waals surface area contributed by atoms with Crippen LogP contribution < -0.4 is 5.73 Å². The summed E-state index contributed by atoms with van der Waals surface area (Å²) in [5, 5.41) is 0. The molecule has 0 aliphatic heterocycles. The van der Waals surface area contributed by atoms with Gasteiger partial charge in [-0.25, -0.2) is 0 Å². The van der Waals surface area contributed by atoms with Crippen molar-refractivity contribution in [3.63, 3.8) is 0 Å². The molecule has 2 rings (SSSR count). The summed E-state index contributed by atoms with van der Waals surface area (Å²) in [5.41, 5.74) is 10.8. The van der Waals surface area contributed by atoms with Crippen molar-refractivity contribution in [3.05, 3.63) is 71.8 Å². The van der Waals surface area contributed by atoms with E-state index < -0.39 is 0 Å². The molecule has 0 radical (unpaired) electrons. The molecule has 116 valence electrons. The van der Waals surface area contributed by atoms with Crippen molar-refractivity contribution in [1.29, 1.82) is 0 Å². The molecule has 0 aliphatic rings. The van der Waals surface area contributed by atoms with E-state index in [4.69, 9.17) is 5.73 Å². The van der Waals surface area contributed by atoms with E-state index in [1.165, 1.54) is 29.5 Å². The summed E-state index contributed by atoms with van der Waals surface area (Å²) in [6.07, 6.45) is 7.11. The molecule has 2 aromatic rings. The summed E-state index contributed by atoms with van der Waals surface area (Å²) in [6, 6.07) is 19.1. The highest BCUT2D eigenvalue weighted by atomic mass is 14.5. The van der Waals surface area contributed by atoms with Crippen molar-refractivity contribution in [2.45, 2.75) is 45.4 Å². The van der Waals surface area contributed by atoms with Crippen molar-refractivity contribution >= 4 is 11.3 Å². The zero-order valence-electron chi connectivity index (χ0n) is 13.8. The minimum Gasteiger partial charge on any atom is -0.399 e. The van der Waals surface area contributed by atoms with Crippen LogP contribution in [0.3, 0.4) is 0 Å². The highest BCUT2D eigenvalue weighted by Crippen LogP contribution is 2.29. The Bertz CT molecular complexity index is 581. The van der Waals surface area contributed by atoms with E-state index in [9.17, 15) is 0 Å². The van der Waals surface area contributed by atoms with Gasteiger partial charge in [-0.05, 0) is 41.7 Å². The first kappa shape index (κ1) is 16.4. The molecule has 2 N–H and O–H groups in total. The summed E-state index contributed by atoms with van der Waals surface area (Å²) in [5.74, 6) is 0.491. The monoisotopic (exact) mass is 293 g/mol. The lowest BCUT2D eigenvalue weighted by molar-refractivity contribution is 0.716. The van der Waals surface area contributed by atoms with Gasteiger partial charge in [0.05, 0.1) is 0 Å². The van der Waals surface area contributed by atoms with Gasteiger partial charge >= 0.3 is 0 Å². The zero-order chi connectivity index (χ0) is 15.8. The number of anilines is 1. The predicted molar refractivity (Wildman–Crippen MR) is 97.8 cm³/mol. The molecule has 1 nitrogen and oxygen atoms in total. The van der Waals surface area contributed by atoms with E-state index in [-0.39, 0.29) is 0 Å². The predicted octanol–water partition coefficient (Wildman–Crippen LogP) is 6.04. The third-order valence-corrected chi connectivity index (χ3v) is 4.03. The minimum atomic E-state index is 0.491. The Morgan fingerprint density at radius 3 is 2.23 bits per heavy atom. The minimum absolute atomic E-state index is 0.491. The second-order valence-electron chi connectivity index (χ2n) is 5.87. The second kappa shape index (κ2) is 8.43. The molecular formula is C21H27N. The van der Waals surface area contributed by atoms with Gasteiger partial charge in [-0.3, -0.25) is 0 Å². The largest absolute Gasteiger partial charge is 0.399 e. The fraction of sp³-hybridized carbons (Fsp3) is 0.333. The summed E-state index contributed by atoms with van der Waals surface area (Å²) < 4.78 is 0. The highest BCUT2D eigenvalue weighted by Gasteiger charge is 2.10. The van der Waals surface area contributed by atoms with Crippen LogP contribution >= 0.6 is 0 Å². The fourth-order valence-electron chi connectivity index (χ4n) is 2.89. The second-order valence-corrected chi connectivity index (χ2v) is 5.87. The SMILES string of the molecule is CCC/C(=C\C(CCC)c1ccccc1)c1ccc(N)cc1. The van der Waals surface area contributed by atoms with Crippen LogP contribution in [-0.2, 0) is 0 Å². The molecule has 2 aromatic carbocycles. The Labute approximate surface area is 134 Å². The number of hydrogen-bond donors (Lipinski definition) is 1. The molecule has 0 aliphatic carbocycles. The third-order valence-electron chi connectivity index (χ3n) is 4.03. The molecule has 1 heteroatoms. The molecule has 0 amide bonds. The molecule has 1 unspecified atom stereocenters. The number of rotatable bonds is 7. The number of nitrogens with two attached hydrogens (primary N) is 1. The maximum absolute atomic E-state index is 5.82. The van der Waals surface area contributed by atoms with Crippen LogP contribution in [0, 0.1) is 0 Å². The van der Waals surface area contributed by atoms with Crippen LogP contribution in [0.2, 0.25) is 0 Å². The van der Waals surface area contributed by atoms with Gasteiger partial charge in [0, 0.05) is 11.6 Å². The molecule has 0 fully saturated rings. The lowest BCUT2D eigenvalue weighted by Crippen LogP contribution is -1.97. The van der Waals surface area contributed by atoms with Gasteiger partial charge in [0.25, 0.3) is 0 Å². The van der Waals surface area contributed by atoms with E-state index in [0.29, 0.717) is 5.92 Å². The van der Waals surface area contributed by atoms with Crippen molar-refractivity contribution in [1.82, 2.24) is 0 Å². The zero-order valence-corrected chi connectivity index (χ0v) is 13.8. The maximum Gasteiger partial charge on any atom is 0.0314 e. The van der Waals surface area contributed by atoms with Crippen molar-refractivity contribution in [2.24, 2.45) is 0 Å². The molecule has 1 atom stereocenters. The number of nitrogen functional groups attached to an aromatic ring is 1. The molecule has 22 heavy (non-hydrogen) atoms. The average Bonchev–Trinajstić information content (AvgIpc) is 2.55. The Balaban J connectivity index is 2.34. The summed E-state index contributed by atoms with van der Waals surface area (Å²) in [4.78, 5) is 0. The Morgan fingerprint density at radius 1 is 0.955 bits per heavy atom. The van der Waals surface area contributed by atoms with Crippen molar-refractivity contribution < 1.29 is 0 Å². The van der Waals surface area contributed by atoms with Crippen LogP contribution in [-0.4, -0.2) is 0 Å². The first-order valence-electron chi connectivity index (χ1n) is 8.36. The van der Waals surface area contributed by atoms with Crippen LogP contribution in [0.1, 0.15) is 56.6 Å². The molecule has 0 aromatic heterocycles. The average molecular weight is 293 g/mol. The summed E-state index contributed by atoms with van der Waals surface area (Å²) >= 11 is 0. The molecule has 0 saturated heterocycles. The standard InChI is InChI=1S/C21H27N/c1-3-8-19(17-10-6-5-7-11-17)16-20(9-4-2)18-12-14-21(22)15-13-18/h5-7,10-16,19H,3-4,8-9,22H2,1-2H3/b20-16+. The highest BCUT2D eigenvalue weighted by molar-refractivity contribution is 5.68. The van der Waals surface area contributed by atoms with E-state index in [0.717, 1.165) is 18.5 Å². The Kier molecular flexibility index (Phi) is 6.27. The van der Waals surface area contributed by atoms with Gasteiger partial charge in [0.1, 0.15) is 0 Å². The lowest BCUT2D eigenvalue weighted by atomic mass is 9.89. The molecular weight excluding hydrogens is 266 g/mol. The van der Waals surface area contributed by atoms with Crippen LogP contribution in [0.5, 0.6) is 0 Å². The van der Waals surface area contributed by atoms with Gasteiger partial charge in [-0.2, -0.15) is 0 Å². The smallest absolute Gasteiger partial charge is 0.0314 e. The van der Waals surface area contributed by atoms with E-state index in [2.05, 4.69) is 62.4 Å². The van der Waals surface area contributed by atoms with Gasteiger partial charge < -0.3 is 5.73 Å². The quantitative estimate of drug-likeness (QED) is 0.619. The van der Waals surface area contributed by atoms with Crippen molar-refractivity contribution in [2.75, 3.05) is 5.73 Å².